The first-order chi connectivity index (χ1) is 7.25. The maximum atomic E-state index is 5.82. The lowest BCUT2D eigenvalue weighted by Crippen LogP contribution is -2.28. The van der Waals surface area contributed by atoms with E-state index in [1.807, 2.05) is 6.07 Å². The minimum Gasteiger partial charge on any atom is -0.369 e. The van der Waals surface area contributed by atoms with E-state index in [1.54, 1.807) is 6.20 Å². The predicted octanol–water partition coefficient (Wildman–Crippen LogP) is 1.27. The molecule has 0 spiro atoms. The molecule has 0 unspecified atom stereocenters. The third-order valence-corrected chi connectivity index (χ3v) is 2.88. The summed E-state index contributed by atoms with van der Waals surface area (Å²) >= 11 is 5.82. The summed E-state index contributed by atoms with van der Waals surface area (Å²) in [5.74, 6) is 0. The van der Waals surface area contributed by atoms with Crippen LogP contribution in [-0.2, 0) is 0 Å². The van der Waals surface area contributed by atoms with Crippen LogP contribution in [0, 0.1) is 0 Å². The first-order valence-corrected chi connectivity index (χ1v) is 5.55. The summed E-state index contributed by atoms with van der Waals surface area (Å²) in [7, 11) is 2.15. The van der Waals surface area contributed by atoms with Crippen LogP contribution in [0.1, 0.15) is 6.42 Å². The highest BCUT2D eigenvalue weighted by Gasteiger charge is 2.13. The van der Waals surface area contributed by atoms with Crippen LogP contribution in [0.2, 0.25) is 5.15 Å². The topological polar surface area (TPSA) is 32.3 Å². The van der Waals surface area contributed by atoms with Gasteiger partial charge < -0.3 is 9.80 Å². The Bertz CT molecular complexity index is 331. The SMILES string of the molecule is CN1CCCN(c2cnnc(Cl)c2)CC1. The Morgan fingerprint density at radius 2 is 2.13 bits per heavy atom. The highest BCUT2D eigenvalue weighted by atomic mass is 35.5. The van der Waals surface area contributed by atoms with Crippen LogP contribution < -0.4 is 4.90 Å². The van der Waals surface area contributed by atoms with Crippen molar-refractivity contribution in [2.75, 3.05) is 38.1 Å². The van der Waals surface area contributed by atoms with Crippen molar-refractivity contribution in [3.05, 3.63) is 17.4 Å². The number of hydrogen-bond donors (Lipinski definition) is 0. The molecular weight excluding hydrogens is 212 g/mol. The molecule has 2 rings (SSSR count). The number of anilines is 1. The van der Waals surface area contributed by atoms with E-state index in [0.717, 1.165) is 31.9 Å². The summed E-state index contributed by atoms with van der Waals surface area (Å²) in [6, 6.07) is 1.87. The molecule has 5 heteroatoms. The standard InChI is InChI=1S/C10H15ClN4/c1-14-3-2-4-15(6-5-14)9-7-10(11)13-12-8-9/h7-8H,2-6H2,1H3. The number of likely N-dealkylation sites (N-methyl/N-ethyl adjacent to an activating group) is 1. The molecule has 2 heterocycles. The second kappa shape index (κ2) is 4.77. The van der Waals surface area contributed by atoms with Gasteiger partial charge in [0, 0.05) is 25.7 Å². The second-order valence-corrected chi connectivity index (χ2v) is 4.27. The van der Waals surface area contributed by atoms with Crippen LogP contribution in [0.3, 0.4) is 0 Å². The number of rotatable bonds is 1. The molecule has 0 aliphatic carbocycles. The van der Waals surface area contributed by atoms with Gasteiger partial charge in [-0.15, -0.1) is 5.10 Å². The molecule has 0 aromatic carbocycles. The van der Waals surface area contributed by atoms with Crippen molar-refractivity contribution < 1.29 is 0 Å². The lowest BCUT2D eigenvalue weighted by molar-refractivity contribution is 0.360. The Morgan fingerprint density at radius 1 is 1.27 bits per heavy atom. The summed E-state index contributed by atoms with van der Waals surface area (Å²) in [6.07, 6.45) is 2.95. The van der Waals surface area contributed by atoms with E-state index in [0.29, 0.717) is 5.15 Å². The monoisotopic (exact) mass is 226 g/mol. The number of hydrogen-bond acceptors (Lipinski definition) is 4. The molecule has 82 valence electrons. The highest BCUT2D eigenvalue weighted by molar-refractivity contribution is 6.29. The van der Waals surface area contributed by atoms with Gasteiger partial charge in [-0.3, -0.25) is 0 Å². The molecule has 1 fully saturated rings. The third-order valence-electron chi connectivity index (χ3n) is 2.69. The smallest absolute Gasteiger partial charge is 0.153 e. The fourth-order valence-electron chi connectivity index (χ4n) is 1.81. The summed E-state index contributed by atoms with van der Waals surface area (Å²) in [6.45, 7) is 4.33. The summed E-state index contributed by atoms with van der Waals surface area (Å²) in [5, 5.41) is 8.09. The zero-order valence-electron chi connectivity index (χ0n) is 8.86. The summed E-state index contributed by atoms with van der Waals surface area (Å²) in [5.41, 5.74) is 1.07. The van der Waals surface area contributed by atoms with Crippen molar-refractivity contribution in [3.8, 4) is 0 Å². The Kier molecular flexibility index (Phi) is 3.38. The Labute approximate surface area is 94.8 Å². The van der Waals surface area contributed by atoms with E-state index < -0.39 is 0 Å². The fourth-order valence-corrected chi connectivity index (χ4v) is 1.96. The second-order valence-electron chi connectivity index (χ2n) is 3.88. The average Bonchev–Trinajstić information content (AvgIpc) is 2.43. The van der Waals surface area contributed by atoms with E-state index in [9.17, 15) is 0 Å². The summed E-state index contributed by atoms with van der Waals surface area (Å²) < 4.78 is 0. The minimum absolute atomic E-state index is 0.463. The van der Waals surface area contributed by atoms with Crippen LogP contribution in [0.4, 0.5) is 5.69 Å². The molecule has 0 N–H and O–H groups in total. The Balaban J connectivity index is 2.09. The molecule has 1 aliphatic rings. The van der Waals surface area contributed by atoms with Gasteiger partial charge in [0.2, 0.25) is 0 Å². The van der Waals surface area contributed by atoms with Gasteiger partial charge in [0.05, 0.1) is 11.9 Å². The molecule has 1 aliphatic heterocycles. The van der Waals surface area contributed by atoms with E-state index in [-0.39, 0.29) is 0 Å². The van der Waals surface area contributed by atoms with Crippen molar-refractivity contribution in [3.63, 3.8) is 0 Å². The van der Waals surface area contributed by atoms with E-state index >= 15 is 0 Å². The van der Waals surface area contributed by atoms with Gasteiger partial charge in [0.1, 0.15) is 0 Å². The van der Waals surface area contributed by atoms with E-state index in [2.05, 4.69) is 27.0 Å². The van der Waals surface area contributed by atoms with Crippen molar-refractivity contribution >= 4 is 17.3 Å². The maximum Gasteiger partial charge on any atom is 0.153 e. The van der Waals surface area contributed by atoms with Crippen LogP contribution in [0.5, 0.6) is 0 Å². The maximum absolute atomic E-state index is 5.82. The summed E-state index contributed by atoms with van der Waals surface area (Å²) in [4.78, 5) is 4.65. The molecule has 0 amide bonds. The van der Waals surface area contributed by atoms with Crippen molar-refractivity contribution in [2.45, 2.75) is 6.42 Å². The Hall–Kier alpha value is -0.870. The molecule has 1 saturated heterocycles. The molecule has 0 bridgehead atoms. The zero-order valence-corrected chi connectivity index (χ0v) is 9.61. The predicted molar refractivity (Wildman–Crippen MR) is 61.4 cm³/mol. The highest BCUT2D eigenvalue weighted by Crippen LogP contribution is 2.17. The zero-order chi connectivity index (χ0) is 10.7. The number of nitrogens with zero attached hydrogens (tertiary/aromatic N) is 4. The van der Waals surface area contributed by atoms with Gasteiger partial charge in [-0.05, 0) is 20.0 Å². The van der Waals surface area contributed by atoms with Gasteiger partial charge >= 0.3 is 0 Å². The van der Waals surface area contributed by atoms with Crippen LogP contribution in [0.15, 0.2) is 12.3 Å². The van der Waals surface area contributed by atoms with Gasteiger partial charge in [-0.25, -0.2) is 0 Å². The van der Waals surface area contributed by atoms with Gasteiger partial charge in [0.25, 0.3) is 0 Å². The average molecular weight is 227 g/mol. The number of aromatic nitrogens is 2. The first kappa shape index (κ1) is 10.6. The van der Waals surface area contributed by atoms with Gasteiger partial charge in [-0.2, -0.15) is 5.10 Å². The van der Waals surface area contributed by atoms with Crippen molar-refractivity contribution in [2.24, 2.45) is 0 Å². The quantitative estimate of drug-likeness (QED) is 0.722. The van der Waals surface area contributed by atoms with Crippen LogP contribution in [0.25, 0.3) is 0 Å². The molecule has 0 radical (unpaired) electrons. The van der Waals surface area contributed by atoms with Gasteiger partial charge in [-0.1, -0.05) is 11.6 Å². The molecule has 1 aromatic rings. The Morgan fingerprint density at radius 3 is 2.93 bits per heavy atom. The number of halogens is 1. The van der Waals surface area contributed by atoms with Gasteiger partial charge in [0.15, 0.2) is 5.15 Å². The fraction of sp³-hybridized carbons (Fsp3) is 0.600. The molecule has 1 aromatic heterocycles. The molecule has 0 atom stereocenters. The van der Waals surface area contributed by atoms with E-state index in [4.69, 9.17) is 11.6 Å². The molecule has 15 heavy (non-hydrogen) atoms. The molecule has 4 nitrogen and oxygen atoms in total. The first-order valence-electron chi connectivity index (χ1n) is 5.17. The molecular formula is C10H15ClN4. The van der Waals surface area contributed by atoms with Crippen LogP contribution >= 0.6 is 11.6 Å². The lowest BCUT2D eigenvalue weighted by atomic mass is 10.3. The lowest BCUT2D eigenvalue weighted by Gasteiger charge is -2.22. The van der Waals surface area contributed by atoms with Crippen LogP contribution in [-0.4, -0.2) is 48.3 Å². The minimum atomic E-state index is 0.463. The van der Waals surface area contributed by atoms with Crippen molar-refractivity contribution in [1.29, 1.82) is 0 Å². The van der Waals surface area contributed by atoms with Crippen molar-refractivity contribution in [1.82, 2.24) is 15.1 Å². The normalized spacial score (nSPS) is 18.9. The van der Waals surface area contributed by atoms with E-state index in [1.165, 1.54) is 6.42 Å². The molecule has 0 saturated carbocycles. The largest absolute Gasteiger partial charge is 0.369 e. The third kappa shape index (κ3) is 2.79.